The van der Waals surface area contributed by atoms with Crippen molar-refractivity contribution in [3.8, 4) is 11.5 Å². The molecule has 1 aromatic carbocycles. The van der Waals surface area contributed by atoms with Crippen LogP contribution in [0.2, 0.25) is 0 Å². The number of hydrogen-bond acceptors (Lipinski definition) is 6. The number of carboxylic acids is 1. The molecule has 5 aliphatic rings. The first kappa shape index (κ1) is 36.3. The number of hydrogen-bond donors (Lipinski definition) is 1. The third-order valence-electron chi connectivity index (χ3n) is 16.0. The molecule has 4 saturated carbocycles. The van der Waals surface area contributed by atoms with E-state index >= 15 is 0 Å². The van der Waals surface area contributed by atoms with E-state index in [9.17, 15) is 19.1 Å². The Hall–Kier alpha value is -3.03. The molecule has 1 N–H and O–H groups in total. The zero-order valence-electron chi connectivity index (χ0n) is 32.3. The summed E-state index contributed by atoms with van der Waals surface area (Å²) in [6.45, 7) is 20.2. The summed E-state index contributed by atoms with van der Waals surface area (Å²) in [6, 6.07) is 6.31. The van der Waals surface area contributed by atoms with Gasteiger partial charge in [-0.05, 0) is 142 Å². The summed E-state index contributed by atoms with van der Waals surface area (Å²) < 4.78 is 26.5. The van der Waals surface area contributed by atoms with Gasteiger partial charge in [0, 0.05) is 11.0 Å². The van der Waals surface area contributed by atoms with Crippen LogP contribution in [0.25, 0.3) is 11.5 Å². The first-order valence-corrected chi connectivity index (χ1v) is 19.6. The summed E-state index contributed by atoms with van der Waals surface area (Å²) in [5, 5.41) is 18.9. The van der Waals surface area contributed by atoms with Gasteiger partial charge in [0.1, 0.15) is 11.9 Å². The Morgan fingerprint density at radius 1 is 0.922 bits per heavy atom. The quantitative estimate of drug-likeness (QED) is 0.226. The highest BCUT2D eigenvalue weighted by Gasteiger charge is 2.70. The third kappa shape index (κ3) is 5.29. The van der Waals surface area contributed by atoms with E-state index in [1.807, 2.05) is 0 Å². The van der Waals surface area contributed by atoms with E-state index in [1.54, 1.807) is 37.1 Å². The fourth-order valence-corrected chi connectivity index (χ4v) is 12.9. The van der Waals surface area contributed by atoms with Crippen LogP contribution in [-0.2, 0) is 19.7 Å². The Kier molecular flexibility index (Phi) is 8.54. The minimum atomic E-state index is -1.15. The van der Waals surface area contributed by atoms with Crippen LogP contribution in [0, 0.1) is 56.6 Å². The van der Waals surface area contributed by atoms with Crippen molar-refractivity contribution < 1.29 is 28.2 Å². The van der Waals surface area contributed by atoms with Gasteiger partial charge in [0.2, 0.25) is 11.8 Å². The zero-order valence-corrected chi connectivity index (χ0v) is 32.3. The van der Waals surface area contributed by atoms with Gasteiger partial charge < -0.3 is 14.3 Å². The average molecular weight is 703 g/mol. The number of rotatable bonds is 7. The molecule has 8 heteroatoms. The van der Waals surface area contributed by atoms with Gasteiger partial charge >= 0.3 is 11.9 Å². The number of halogens is 1. The summed E-state index contributed by atoms with van der Waals surface area (Å²) in [4.78, 5) is 24.8. The molecule has 5 aliphatic carbocycles. The van der Waals surface area contributed by atoms with Gasteiger partial charge in [-0.2, -0.15) is 0 Å². The van der Waals surface area contributed by atoms with E-state index in [1.165, 1.54) is 18.6 Å². The Labute approximate surface area is 303 Å². The van der Waals surface area contributed by atoms with E-state index in [0.29, 0.717) is 29.6 Å². The summed E-state index contributed by atoms with van der Waals surface area (Å²) >= 11 is 0. The lowest BCUT2D eigenvalue weighted by Crippen LogP contribution is -2.66. The number of carbonyl (C=O) groups is 2. The second kappa shape index (κ2) is 12.0. The fraction of sp³-hybridized carbons (Fsp3) is 0.721. The monoisotopic (exact) mass is 702 g/mol. The molecule has 8 atom stereocenters. The van der Waals surface area contributed by atoms with Crippen molar-refractivity contribution in [3.05, 3.63) is 47.1 Å². The molecule has 1 aromatic heterocycles. The predicted molar refractivity (Wildman–Crippen MR) is 194 cm³/mol. The van der Waals surface area contributed by atoms with Gasteiger partial charge in [-0.15, -0.1) is 10.2 Å². The second-order valence-electron chi connectivity index (χ2n) is 19.4. The van der Waals surface area contributed by atoms with Crippen molar-refractivity contribution >= 4 is 11.9 Å². The predicted octanol–water partition coefficient (Wildman–Crippen LogP) is 10.3. The van der Waals surface area contributed by atoms with Gasteiger partial charge in [-0.25, -0.2) is 4.39 Å². The number of benzene rings is 1. The molecule has 2 aromatic rings. The highest BCUT2D eigenvalue weighted by atomic mass is 19.1. The van der Waals surface area contributed by atoms with E-state index in [-0.39, 0.29) is 45.4 Å². The van der Waals surface area contributed by atoms with E-state index in [4.69, 9.17) is 14.3 Å². The smallest absolute Gasteiger partial charge is 0.309 e. The Morgan fingerprint density at radius 3 is 2.29 bits per heavy atom. The number of aromatic nitrogens is 2. The molecule has 0 aliphatic heterocycles. The minimum Gasteiger partial charge on any atom is -0.481 e. The van der Waals surface area contributed by atoms with Gasteiger partial charge in [0.05, 0.1) is 17.3 Å². The van der Waals surface area contributed by atoms with E-state index < -0.39 is 17.4 Å². The zero-order chi connectivity index (χ0) is 36.9. The number of esters is 1. The molecule has 0 radical (unpaired) electrons. The van der Waals surface area contributed by atoms with Crippen molar-refractivity contribution in [2.45, 2.75) is 144 Å². The number of ether oxygens (including phenoxy) is 1. The van der Waals surface area contributed by atoms with Crippen molar-refractivity contribution in [2.75, 3.05) is 0 Å². The normalized spacial score (nSPS) is 37.3. The van der Waals surface area contributed by atoms with Crippen molar-refractivity contribution in [2.24, 2.45) is 50.7 Å². The third-order valence-corrected chi connectivity index (χ3v) is 16.0. The summed E-state index contributed by atoms with van der Waals surface area (Å²) in [5.41, 5.74) is 2.68. The average Bonchev–Trinajstić information content (AvgIpc) is 3.70. The lowest BCUT2D eigenvalue weighted by atomic mass is 9.33. The molecule has 0 amide bonds. The maximum absolute atomic E-state index is 13.7. The SMILES string of the molecule is CC(C)C1=C2[C@H]3CC[C@@H]4[C@@]5(C)CC[C@H](OC(=O)CC(C)(C)C(=O)O)C(C)(C)[C@@H]5CC[C@@]4(C)[C@]3(C)CC[C@@]2(c2nnc(-c3ccc(F)cc3)o2)CC1. The Bertz CT molecular complexity index is 1740. The number of allylic oxidation sites excluding steroid dienone is 2. The Morgan fingerprint density at radius 2 is 1.63 bits per heavy atom. The van der Waals surface area contributed by atoms with Gasteiger partial charge in [-0.1, -0.05) is 59.6 Å². The highest BCUT2D eigenvalue weighted by molar-refractivity contribution is 5.81. The van der Waals surface area contributed by atoms with E-state index in [2.05, 4.69) is 53.6 Å². The molecule has 7 rings (SSSR count). The van der Waals surface area contributed by atoms with E-state index in [0.717, 1.165) is 69.2 Å². The fourth-order valence-electron chi connectivity index (χ4n) is 12.9. The molecule has 51 heavy (non-hydrogen) atoms. The number of nitrogens with zero attached hydrogens (tertiary/aromatic N) is 2. The molecule has 0 bridgehead atoms. The molecule has 0 saturated heterocycles. The molecule has 4 fully saturated rings. The van der Waals surface area contributed by atoms with Crippen LogP contribution >= 0.6 is 0 Å². The molecular weight excluding hydrogens is 643 g/mol. The lowest BCUT2D eigenvalue weighted by molar-refractivity contribution is -0.232. The van der Waals surface area contributed by atoms with Crippen LogP contribution in [0.1, 0.15) is 139 Å². The van der Waals surface area contributed by atoms with Gasteiger partial charge in [-0.3, -0.25) is 9.59 Å². The molecule has 0 unspecified atom stereocenters. The number of aliphatic carboxylic acids is 1. The van der Waals surface area contributed by atoms with Crippen molar-refractivity contribution in [1.82, 2.24) is 10.2 Å². The second-order valence-corrected chi connectivity index (χ2v) is 19.4. The summed E-state index contributed by atoms with van der Waals surface area (Å²) in [7, 11) is 0. The largest absolute Gasteiger partial charge is 0.481 e. The number of carboxylic acid groups (broad SMARTS) is 1. The van der Waals surface area contributed by atoms with Crippen LogP contribution in [0.4, 0.5) is 4.39 Å². The maximum Gasteiger partial charge on any atom is 0.309 e. The molecule has 7 nitrogen and oxygen atoms in total. The topological polar surface area (TPSA) is 103 Å². The number of carbonyl (C=O) groups excluding carboxylic acids is 1. The summed E-state index contributed by atoms with van der Waals surface area (Å²) in [6.07, 6.45) is 10.2. The van der Waals surface area contributed by atoms with Crippen LogP contribution in [0.15, 0.2) is 39.8 Å². The van der Waals surface area contributed by atoms with Gasteiger partial charge in [0.15, 0.2) is 0 Å². The number of fused-ring (bicyclic) bond motifs is 7. The first-order chi connectivity index (χ1) is 23.8. The lowest BCUT2D eigenvalue weighted by Gasteiger charge is -2.72. The molecule has 278 valence electrons. The molecule has 0 spiro atoms. The standard InChI is InChI=1S/C43H59FN2O5/c1-25(2)28-16-21-43(36-46-45-35(51-36)26-10-12-27(44)13-11-26)23-22-41(8)29(34(28)43)14-15-31-40(7)19-18-32(50-33(47)24-38(3,4)37(48)49)39(5,6)30(40)17-20-42(31,41)9/h10-13,25,29-32H,14-24H2,1-9H3,(H,48,49)/t29-,30+,31-,32+,40+,41-,42-,43+/m1/s1. The summed E-state index contributed by atoms with van der Waals surface area (Å²) in [5.74, 6) is 1.38. The van der Waals surface area contributed by atoms with Gasteiger partial charge in [0.25, 0.3) is 0 Å². The van der Waals surface area contributed by atoms with Crippen LogP contribution in [0.5, 0.6) is 0 Å². The van der Waals surface area contributed by atoms with Crippen molar-refractivity contribution in [1.29, 1.82) is 0 Å². The molecular formula is C43H59FN2O5. The maximum atomic E-state index is 13.7. The van der Waals surface area contributed by atoms with Crippen molar-refractivity contribution in [3.63, 3.8) is 0 Å². The van der Waals surface area contributed by atoms with Crippen LogP contribution in [-0.4, -0.2) is 33.3 Å². The molecule has 1 heterocycles. The first-order valence-electron chi connectivity index (χ1n) is 19.6. The highest BCUT2D eigenvalue weighted by Crippen LogP contribution is 2.77. The minimum absolute atomic E-state index is 0.114. The Balaban J connectivity index is 1.18. The van der Waals surface area contributed by atoms with Crippen LogP contribution in [0.3, 0.4) is 0 Å². The van der Waals surface area contributed by atoms with Crippen LogP contribution < -0.4 is 0 Å².